The van der Waals surface area contributed by atoms with Crippen molar-refractivity contribution in [3.8, 4) is 0 Å². The molecule has 0 N–H and O–H groups in total. The predicted octanol–water partition coefficient (Wildman–Crippen LogP) is 1.87. The van der Waals surface area contributed by atoms with Crippen molar-refractivity contribution >= 4 is 5.91 Å². The quantitative estimate of drug-likeness (QED) is 0.730. The lowest BCUT2D eigenvalue weighted by atomic mass is 10.00. The summed E-state index contributed by atoms with van der Waals surface area (Å²) < 4.78 is 0. The van der Waals surface area contributed by atoms with Gasteiger partial charge in [0.25, 0.3) is 0 Å². The Morgan fingerprint density at radius 2 is 1.81 bits per heavy atom. The van der Waals surface area contributed by atoms with Crippen LogP contribution in [-0.4, -0.2) is 47.9 Å². The van der Waals surface area contributed by atoms with E-state index in [2.05, 4.69) is 16.7 Å². The predicted molar refractivity (Wildman–Crippen MR) is 65.3 cm³/mol. The van der Waals surface area contributed by atoms with Crippen LogP contribution in [0.3, 0.4) is 0 Å². The Labute approximate surface area is 98.8 Å². The van der Waals surface area contributed by atoms with Crippen LogP contribution in [0.5, 0.6) is 0 Å². The first-order valence-corrected chi connectivity index (χ1v) is 6.83. The van der Waals surface area contributed by atoms with Gasteiger partial charge in [-0.3, -0.25) is 9.69 Å². The standard InChI is InChI=1S/C13H24N2O/c1-2-12-7-3-4-10-15(12)13(16)11-14-8-5-6-9-14/h12H,2-11H2,1H3. The molecule has 2 rings (SSSR count). The van der Waals surface area contributed by atoms with Gasteiger partial charge in [-0.25, -0.2) is 0 Å². The van der Waals surface area contributed by atoms with Crippen molar-refractivity contribution in [1.82, 2.24) is 9.80 Å². The Morgan fingerprint density at radius 1 is 1.12 bits per heavy atom. The highest BCUT2D eigenvalue weighted by atomic mass is 16.2. The van der Waals surface area contributed by atoms with E-state index in [9.17, 15) is 4.79 Å². The van der Waals surface area contributed by atoms with E-state index >= 15 is 0 Å². The van der Waals surface area contributed by atoms with Gasteiger partial charge >= 0.3 is 0 Å². The fraction of sp³-hybridized carbons (Fsp3) is 0.923. The zero-order valence-electron chi connectivity index (χ0n) is 10.5. The van der Waals surface area contributed by atoms with Crippen LogP contribution < -0.4 is 0 Å². The molecule has 1 atom stereocenters. The molecule has 0 spiro atoms. The molecule has 92 valence electrons. The molecule has 2 fully saturated rings. The molecule has 0 aromatic heterocycles. The second-order valence-corrected chi connectivity index (χ2v) is 5.13. The van der Waals surface area contributed by atoms with Crippen LogP contribution in [0.15, 0.2) is 0 Å². The van der Waals surface area contributed by atoms with Gasteiger partial charge in [0.1, 0.15) is 0 Å². The van der Waals surface area contributed by atoms with Gasteiger partial charge in [0, 0.05) is 12.6 Å². The number of rotatable bonds is 3. The molecule has 0 aromatic carbocycles. The molecule has 1 unspecified atom stereocenters. The minimum Gasteiger partial charge on any atom is -0.339 e. The van der Waals surface area contributed by atoms with Gasteiger partial charge in [-0.05, 0) is 51.6 Å². The first-order valence-electron chi connectivity index (χ1n) is 6.83. The van der Waals surface area contributed by atoms with Crippen molar-refractivity contribution in [2.45, 2.75) is 51.5 Å². The number of amides is 1. The third-order valence-electron chi connectivity index (χ3n) is 3.98. The number of hydrogen-bond acceptors (Lipinski definition) is 2. The average molecular weight is 224 g/mol. The van der Waals surface area contributed by atoms with Gasteiger partial charge in [-0.15, -0.1) is 0 Å². The summed E-state index contributed by atoms with van der Waals surface area (Å²) in [6.07, 6.45) is 7.36. The second kappa shape index (κ2) is 5.67. The summed E-state index contributed by atoms with van der Waals surface area (Å²) in [7, 11) is 0. The molecule has 0 aromatic rings. The van der Waals surface area contributed by atoms with Crippen molar-refractivity contribution < 1.29 is 4.79 Å². The Bertz CT molecular complexity index is 236. The van der Waals surface area contributed by atoms with Crippen LogP contribution in [0.25, 0.3) is 0 Å². The maximum Gasteiger partial charge on any atom is 0.236 e. The number of likely N-dealkylation sites (tertiary alicyclic amines) is 2. The van der Waals surface area contributed by atoms with E-state index in [0.29, 0.717) is 18.5 Å². The molecule has 0 radical (unpaired) electrons. The minimum atomic E-state index is 0.369. The molecular weight excluding hydrogens is 200 g/mol. The number of carbonyl (C=O) groups excluding carboxylic acids is 1. The summed E-state index contributed by atoms with van der Waals surface area (Å²) in [6.45, 7) is 6.10. The first-order chi connectivity index (χ1) is 7.81. The molecule has 2 saturated heterocycles. The largest absolute Gasteiger partial charge is 0.339 e. The van der Waals surface area contributed by atoms with E-state index in [1.54, 1.807) is 0 Å². The van der Waals surface area contributed by atoms with Gasteiger partial charge in [0.2, 0.25) is 5.91 Å². The second-order valence-electron chi connectivity index (χ2n) is 5.13. The van der Waals surface area contributed by atoms with Gasteiger partial charge in [0.05, 0.1) is 6.54 Å². The summed E-state index contributed by atoms with van der Waals surface area (Å²) >= 11 is 0. The lowest BCUT2D eigenvalue weighted by molar-refractivity contribution is -0.135. The number of hydrogen-bond donors (Lipinski definition) is 0. The summed E-state index contributed by atoms with van der Waals surface area (Å²) in [5, 5.41) is 0. The van der Waals surface area contributed by atoms with Crippen molar-refractivity contribution in [3.63, 3.8) is 0 Å². The molecule has 0 bridgehead atoms. The van der Waals surface area contributed by atoms with Gasteiger partial charge in [-0.2, -0.15) is 0 Å². The van der Waals surface area contributed by atoms with E-state index in [1.165, 1.54) is 32.1 Å². The van der Waals surface area contributed by atoms with E-state index in [1.807, 2.05) is 0 Å². The topological polar surface area (TPSA) is 23.6 Å². The maximum atomic E-state index is 12.2. The maximum absolute atomic E-state index is 12.2. The molecule has 2 heterocycles. The van der Waals surface area contributed by atoms with Crippen LogP contribution in [0, 0.1) is 0 Å². The Morgan fingerprint density at radius 3 is 2.50 bits per heavy atom. The highest BCUT2D eigenvalue weighted by molar-refractivity contribution is 5.78. The monoisotopic (exact) mass is 224 g/mol. The first kappa shape index (κ1) is 11.9. The van der Waals surface area contributed by atoms with Crippen LogP contribution in [0.2, 0.25) is 0 Å². The highest BCUT2D eigenvalue weighted by Crippen LogP contribution is 2.20. The van der Waals surface area contributed by atoms with Crippen molar-refractivity contribution in [1.29, 1.82) is 0 Å². The Kier molecular flexibility index (Phi) is 4.22. The molecule has 2 aliphatic rings. The molecule has 1 amide bonds. The molecule has 0 saturated carbocycles. The SMILES string of the molecule is CCC1CCCCN1C(=O)CN1CCCC1. The normalized spacial score (nSPS) is 27.3. The molecule has 0 aliphatic carbocycles. The van der Waals surface area contributed by atoms with Gasteiger partial charge in [0.15, 0.2) is 0 Å². The van der Waals surface area contributed by atoms with E-state index < -0.39 is 0 Å². The van der Waals surface area contributed by atoms with E-state index in [0.717, 1.165) is 26.1 Å². The average Bonchev–Trinajstić information content (AvgIpc) is 2.81. The fourth-order valence-corrected chi connectivity index (χ4v) is 2.98. The molecular formula is C13H24N2O. The third-order valence-corrected chi connectivity index (χ3v) is 3.98. The summed E-state index contributed by atoms with van der Waals surface area (Å²) in [6, 6.07) is 0.517. The van der Waals surface area contributed by atoms with Gasteiger partial charge in [-0.1, -0.05) is 6.92 Å². The lowest BCUT2D eigenvalue weighted by Crippen LogP contribution is -2.47. The summed E-state index contributed by atoms with van der Waals surface area (Å²) in [5.41, 5.74) is 0. The minimum absolute atomic E-state index is 0.369. The van der Waals surface area contributed by atoms with Gasteiger partial charge < -0.3 is 4.90 Å². The highest BCUT2D eigenvalue weighted by Gasteiger charge is 2.26. The van der Waals surface area contributed by atoms with Crippen LogP contribution in [-0.2, 0) is 4.79 Å². The third kappa shape index (κ3) is 2.76. The molecule has 16 heavy (non-hydrogen) atoms. The Balaban J connectivity index is 1.86. The smallest absolute Gasteiger partial charge is 0.236 e. The molecule has 2 aliphatic heterocycles. The summed E-state index contributed by atoms with van der Waals surface area (Å²) in [4.78, 5) is 16.7. The fourth-order valence-electron chi connectivity index (χ4n) is 2.98. The zero-order valence-corrected chi connectivity index (χ0v) is 10.5. The van der Waals surface area contributed by atoms with Crippen LogP contribution in [0.4, 0.5) is 0 Å². The summed E-state index contributed by atoms with van der Waals surface area (Å²) in [5.74, 6) is 0.369. The van der Waals surface area contributed by atoms with Crippen molar-refractivity contribution in [2.24, 2.45) is 0 Å². The Hall–Kier alpha value is -0.570. The van der Waals surface area contributed by atoms with Crippen molar-refractivity contribution in [3.05, 3.63) is 0 Å². The van der Waals surface area contributed by atoms with Crippen LogP contribution >= 0.6 is 0 Å². The van der Waals surface area contributed by atoms with Crippen molar-refractivity contribution in [2.75, 3.05) is 26.2 Å². The van der Waals surface area contributed by atoms with E-state index in [4.69, 9.17) is 0 Å². The lowest BCUT2D eigenvalue weighted by Gasteiger charge is -2.36. The van der Waals surface area contributed by atoms with E-state index in [-0.39, 0.29) is 0 Å². The number of carbonyl (C=O) groups is 1. The molecule has 3 nitrogen and oxygen atoms in total. The number of piperidine rings is 1. The zero-order chi connectivity index (χ0) is 11.4. The number of nitrogens with zero attached hydrogens (tertiary/aromatic N) is 2. The van der Waals surface area contributed by atoms with Crippen LogP contribution in [0.1, 0.15) is 45.4 Å². The molecule has 3 heteroatoms.